The third-order valence-corrected chi connectivity index (χ3v) is 7.58. The average Bonchev–Trinajstić information content (AvgIpc) is 3.11. The third-order valence-electron chi connectivity index (χ3n) is 7.58. The Labute approximate surface area is 223 Å². The van der Waals surface area contributed by atoms with Crippen molar-refractivity contribution in [3.05, 3.63) is 35.9 Å². The molecule has 2 aliphatic rings. The second-order valence-corrected chi connectivity index (χ2v) is 10.1. The van der Waals surface area contributed by atoms with E-state index in [1.165, 1.54) is 0 Å². The van der Waals surface area contributed by atoms with Crippen LogP contribution in [0.3, 0.4) is 0 Å². The zero-order chi connectivity index (χ0) is 26.8. The Morgan fingerprint density at radius 1 is 1.16 bits per heavy atom. The van der Waals surface area contributed by atoms with Crippen molar-refractivity contribution in [2.75, 3.05) is 57.3 Å². The van der Waals surface area contributed by atoms with E-state index in [0.29, 0.717) is 42.7 Å². The van der Waals surface area contributed by atoms with Crippen LogP contribution in [0.2, 0.25) is 0 Å². The number of rotatable bonds is 6. The number of hydrogen-bond donors (Lipinski definition) is 1. The molecule has 5 rings (SSSR count). The van der Waals surface area contributed by atoms with Gasteiger partial charge >= 0.3 is 0 Å². The lowest BCUT2D eigenvalue weighted by atomic mass is 10.1. The highest BCUT2D eigenvalue weighted by Gasteiger charge is 2.31. The van der Waals surface area contributed by atoms with Crippen molar-refractivity contribution >= 4 is 28.7 Å². The molecule has 1 amide bonds. The van der Waals surface area contributed by atoms with Crippen LogP contribution in [-0.2, 0) is 16.1 Å². The number of pyridine rings is 1. The number of aliphatic hydroxyl groups excluding tert-OH is 1. The summed E-state index contributed by atoms with van der Waals surface area (Å²) in [5.74, 6) is 2.00. The van der Waals surface area contributed by atoms with Crippen LogP contribution in [0.4, 0.5) is 11.8 Å². The number of anilines is 2. The number of hydrogen-bond acceptors (Lipinski definition) is 9. The summed E-state index contributed by atoms with van der Waals surface area (Å²) < 4.78 is 11.0. The Balaban J connectivity index is 1.62. The largest absolute Gasteiger partial charge is 0.496 e. The average molecular weight is 521 g/mol. The lowest BCUT2D eigenvalue weighted by Gasteiger charge is -2.35. The zero-order valence-corrected chi connectivity index (χ0v) is 22.6. The monoisotopic (exact) mass is 520 g/mol. The van der Waals surface area contributed by atoms with E-state index >= 15 is 0 Å². The van der Waals surface area contributed by atoms with E-state index in [9.17, 15) is 9.90 Å². The molecule has 0 saturated carbocycles. The van der Waals surface area contributed by atoms with Gasteiger partial charge in [-0.1, -0.05) is 0 Å². The van der Waals surface area contributed by atoms with Gasteiger partial charge in [0.2, 0.25) is 11.9 Å². The molecule has 2 aromatic heterocycles. The van der Waals surface area contributed by atoms with Gasteiger partial charge in [-0.3, -0.25) is 4.79 Å². The van der Waals surface area contributed by atoms with Crippen LogP contribution in [0.5, 0.6) is 5.75 Å². The molecule has 0 spiro atoms. The van der Waals surface area contributed by atoms with E-state index in [4.69, 9.17) is 24.4 Å². The van der Waals surface area contributed by atoms with Gasteiger partial charge in [0.15, 0.2) is 5.65 Å². The quantitative estimate of drug-likeness (QED) is 0.525. The minimum Gasteiger partial charge on any atom is -0.496 e. The molecule has 38 heavy (non-hydrogen) atoms. The summed E-state index contributed by atoms with van der Waals surface area (Å²) in [6.45, 7) is 4.70. The van der Waals surface area contributed by atoms with Crippen LogP contribution in [0.1, 0.15) is 31.7 Å². The van der Waals surface area contributed by atoms with Gasteiger partial charge in [-0.05, 0) is 56.5 Å². The number of likely N-dealkylation sites (N-methyl/N-ethyl adjacent to an activating group) is 2. The van der Waals surface area contributed by atoms with Gasteiger partial charge in [0.05, 0.1) is 44.1 Å². The number of nitrogens with zero attached hydrogens (tertiary/aromatic N) is 6. The number of aromatic nitrogens is 3. The second kappa shape index (κ2) is 11.1. The number of carbonyl (C=O) groups is 1. The van der Waals surface area contributed by atoms with Crippen LogP contribution in [0, 0.1) is 0 Å². The predicted octanol–water partition coefficient (Wildman–Crippen LogP) is 2.86. The zero-order valence-electron chi connectivity index (χ0n) is 22.6. The van der Waals surface area contributed by atoms with Crippen LogP contribution in [0.15, 0.2) is 30.3 Å². The van der Waals surface area contributed by atoms with E-state index in [1.54, 1.807) is 12.0 Å². The topological polar surface area (TPSA) is 104 Å². The summed E-state index contributed by atoms with van der Waals surface area (Å²) in [7, 11) is 5.35. The van der Waals surface area contributed by atoms with E-state index in [-0.39, 0.29) is 24.6 Å². The highest BCUT2D eigenvalue weighted by atomic mass is 16.5. The minimum atomic E-state index is -0.327. The molecule has 4 heterocycles. The SMILES string of the molecule is COc1ccc(-c2ccc3c(N4CCOCC4C)nc(N(C)C4CCCCN(C)C4=O)nc3n2)cc1CO. The standard InChI is InChI=1S/C28H36N6O4/c1-18-17-38-14-13-34(18)26-21-9-10-22(19-8-11-24(37-4)20(15-19)16-35)29-25(21)30-28(31-26)33(3)23-7-5-6-12-32(2)27(23)36/h8-11,15,18,23,35H,5-7,12-14,16-17H2,1-4H3. The van der Waals surface area contributed by atoms with Gasteiger partial charge in [0.25, 0.3) is 0 Å². The predicted molar refractivity (Wildman–Crippen MR) is 147 cm³/mol. The first-order chi connectivity index (χ1) is 18.4. The molecule has 2 atom stereocenters. The Hall–Kier alpha value is -3.50. The highest BCUT2D eigenvalue weighted by molar-refractivity contribution is 5.91. The maximum absolute atomic E-state index is 13.2. The summed E-state index contributed by atoms with van der Waals surface area (Å²) >= 11 is 0. The van der Waals surface area contributed by atoms with Crippen molar-refractivity contribution in [1.29, 1.82) is 0 Å². The maximum atomic E-state index is 13.2. The molecular weight excluding hydrogens is 484 g/mol. The fourth-order valence-electron chi connectivity index (χ4n) is 5.30. The molecule has 1 N–H and O–H groups in total. The fourth-order valence-corrected chi connectivity index (χ4v) is 5.30. The van der Waals surface area contributed by atoms with Crippen molar-refractivity contribution in [2.24, 2.45) is 0 Å². The molecule has 2 saturated heterocycles. The Bertz CT molecular complexity index is 1320. The van der Waals surface area contributed by atoms with E-state index in [1.807, 2.05) is 49.3 Å². The van der Waals surface area contributed by atoms with E-state index in [2.05, 4.69) is 11.8 Å². The van der Waals surface area contributed by atoms with Crippen LogP contribution in [0.25, 0.3) is 22.3 Å². The molecule has 3 aromatic rings. The summed E-state index contributed by atoms with van der Waals surface area (Å²) in [5.41, 5.74) is 2.83. The fraction of sp³-hybridized carbons (Fsp3) is 0.500. The second-order valence-electron chi connectivity index (χ2n) is 10.1. The summed E-state index contributed by atoms with van der Waals surface area (Å²) in [4.78, 5) is 34.0. The van der Waals surface area contributed by atoms with Gasteiger partial charge < -0.3 is 29.3 Å². The van der Waals surface area contributed by atoms with Gasteiger partial charge in [-0.15, -0.1) is 0 Å². The van der Waals surface area contributed by atoms with Crippen molar-refractivity contribution in [2.45, 2.75) is 44.9 Å². The molecule has 202 valence electrons. The number of benzene rings is 1. The Morgan fingerprint density at radius 2 is 2.00 bits per heavy atom. The van der Waals surface area contributed by atoms with Crippen LogP contribution < -0.4 is 14.5 Å². The van der Waals surface area contributed by atoms with Crippen LogP contribution >= 0.6 is 0 Å². The van der Waals surface area contributed by atoms with Gasteiger partial charge in [0.1, 0.15) is 17.6 Å². The Morgan fingerprint density at radius 3 is 2.76 bits per heavy atom. The normalized spacial score (nSPS) is 20.5. The highest BCUT2D eigenvalue weighted by Crippen LogP contribution is 2.32. The number of carbonyl (C=O) groups excluding carboxylic acids is 1. The summed E-state index contributed by atoms with van der Waals surface area (Å²) in [6, 6.07) is 9.41. The molecule has 10 heteroatoms. The summed E-state index contributed by atoms with van der Waals surface area (Å²) in [5, 5.41) is 10.7. The maximum Gasteiger partial charge on any atom is 0.245 e. The molecule has 2 unspecified atom stereocenters. The minimum absolute atomic E-state index is 0.0893. The molecule has 0 bridgehead atoms. The lowest BCUT2D eigenvalue weighted by Crippen LogP contribution is -2.46. The van der Waals surface area contributed by atoms with Crippen LogP contribution in [-0.4, -0.2) is 90.5 Å². The molecule has 2 aliphatic heterocycles. The number of aliphatic hydroxyl groups is 1. The van der Waals surface area contributed by atoms with Crippen molar-refractivity contribution < 1.29 is 19.4 Å². The molecule has 10 nitrogen and oxygen atoms in total. The van der Waals surface area contributed by atoms with Gasteiger partial charge in [-0.2, -0.15) is 9.97 Å². The van der Waals surface area contributed by atoms with Gasteiger partial charge in [0, 0.05) is 38.3 Å². The first kappa shape index (κ1) is 26.1. The first-order valence-corrected chi connectivity index (χ1v) is 13.2. The molecule has 0 radical (unpaired) electrons. The van der Waals surface area contributed by atoms with Crippen molar-refractivity contribution in [1.82, 2.24) is 19.9 Å². The number of fused-ring (bicyclic) bond motifs is 1. The molecular formula is C28H36N6O4. The van der Waals surface area contributed by atoms with Crippen molar-refractivity contribution in [3.8, 4) is 17.0 Å². The van der Waals surface area contributed by atoms with E-state index < -0.39 is 0 Å². The number of methoxy groups -OCH3 is 1. The molecule has 1 aromatic carbocycles. The number of likely N-dealkylation sites (tertiary alicyclic amines) is 1. The van der Waals surface area contributed by atoms with E-state index in [0.717, 1.165) is 48.3 Å². The Kier molecular flexibility index (Phi) is 7.62. The molecule has 2 fully saturated rings. The number of ether oxygens (including phenoxy) is 2. The smallest absolute Gasteiger partial charge is 0.245 e. The number of amides is 1. The lowest BCUT2D eigenvalue weighted by molar-refractivity contribution is -0.130. The number of morpholine rings is 1. The third kappa shape index (κ3) is 4.98. The molecule has 0 aliphatic carbocycles. The van der Waals surface area contributed by atoms with Crippen molar-refractivity contribution in [3.63, 3.8) is 0 Å². The van der Waals surface area contributed by atoms with Gasteiger partial charge in [-0.25, -0.2) is 4.98 Å². The first-order valence-electron chi connectivity index (χ1n) is 13.2. The summed E-state index contributed by atoms with van der Waals surface area (Å²) in [6.07, 6.45) is 2.72.